The summed E-state index contributed by atoms with van der Waals surface area (Å²) in [6.45, 7) is 1.71. The van der Waals surface area contributed by atoms with Crippen molar-refractivity contribution in [3.63, 3.8) is 0 Å². The standard InChI is InChI=1S/C12H13N3O3/c1-8-4-5-9(11(6-8)15(17)18)10(7-13)12(16)14(2)3/h4-6,10H,1-3H3. The quantitative estimate of drug-likeness (QED) is 0.599. The van der Waals surface area contributed by atoms with Crippen LogP contribution < -0.4 is 0 Å². The van der Waals surface area contributed by atoms with Crippen LogP contribution in [0.25, 0.3) is 0 Å². The molecule has 1 aromatic rings. The number of amides is 1. The van der Waals surface area contributed by atoms with Crippen molar-refractivity contribution in [3.8, 4) is 6.07 Å². The Kier molecular flexibility index (Phi) is 4.00. The number of carbonyl (C=O) groups excluding carboxylic acids is 1. The van der Waals surface area contributed by atoms with Gasteiger partial charge in [0.15, 0.2) is 5.92 Å². The number of nitro groups is 1. The first-order valence-electron chi connectivity index (χ1n) is 5.24. The monoisotopic (exact) mass is 247 g/mol. The third kappa shape index (κ3) is 2.63. The van der Waals surface area contributed by atoms with Crippen molar-refractivity contribution in [3.05, 3.63) is 39.4 Å². The van der Waals surface area contributed by atoms with E-state index in [1.54, 1.807) is 13.0 Å². The Morgan fingerprint density at radius 3 is 2.56 bits per heavy atom. The third-order valence-electron chi connectivity index (χ3n) is 2.51. The van der Waals surface area contributed by atoms with Gasteiger partial charge in [-0.05, 0) is 12.5 Å². The van der Waals surface area contributed by atoms with Gasteiger partial charge in [-0.1, -0.05) is 12.1 Å². The molecule has 94 valence electrons. The Bertz CT molecular complexity index is 532. The van der Waals surface area contributed by atoms with Crippen molar-refractivity contribution in [2.45, 2.75) is 12.8 Å². The summed E-state index contributed by atoms with van der Waals surface area (Å²) in [5.74, 6) is -1.62. The zero-order chi connectivity index (χ0) is 13.9. The summed E-state index contributed by atoms with van der Waals surface area (Å²) in [6, 6.07) is 6.29. The number of aryl methyl sites for hydroxylation is 1. The summed E-state index contributed by atoms with van der Waals surface area (Å²) in [4.78, 5) is 23.4. The topological polar surface area (TPSA) is 87.2 Å². The number of carbonyl (C=O) groups is 1. The number of nitriles is 1. The first-order chi connectivity index (χ1) is 8.38. The van der Waals surface area contributed by atoms with Crippen LogP contribution in [0.1, 0.15) is 17.0 Å². The highest BCUT2D eigenvalue weighted by Gasteiger charge is 2.29. The lowest BCUT2D eigenvalue weighted by atomic mass is 9.96. The van der Waals surface area contributed by atoms with Crippen LogP contribution in [0.3, 0.4) is 0 Å². The van der Waals surface area contributed by atoms with Gasteiger partial charge in [-0.25, -0.2) is 0 Å². The molecule has 1 amide bonds. The van der Waals surface area contributed by atoms with E-state index in [4.69, 9.17) is 5.26 Å². The van der Waals surface area contributed by atoms with E-state index < -0.39 is 16.7 Å². The zero-order valence-corrected chi connectivity index (χ0v) is 10.4. The maximum atomic E-state index is 11.8. The number of likely N-dealkylation sites (N-methyl/N-ethyl adjacent to an activating group) is 1. The van der Waals surface area contributed by atoms with Crippen LogP contribution in [0.15, 0.2) is 18.2 Å². The highest BCUT2D eigenvalue weighted by molar-refractivity contribution is 5.87. The molecule has 6 heteroatoms. The van der Waals surface area contributed by atoms with Gasteiger partial charge in [0.25, 0.3) is 5.69 Å². The van der Waals surface area contributed by atoms with Crippen LogP contribution in [0, 0.1) is 28.4 Å². The summed E-state index contributed by atoms with van der Waals surface area (Å²) in [6.07, 6.45) is 0. The molecule has 0 aliphatic carbocycles. The minimum absolute atomic E-state index is 0.131. The number of hydrogen-bond acceptors (Lipinski definition) is 4. The Labute approximate surface area is 105 Å². The van der Waals surface area contributed by atoms with Gasteiger partial charge in [0, 0.05) is 20.2 Å². The first-order valence-corrected chi connectivity index (χ1v) is 5.24. The van der Waals surface area contributed by atoms with Crippen LogP contribution in [0.2, 0.25) is 0 Å². The van der Waals surface area contributed by atoms with Crippen LogP contribution in [-0.4, -0.2) is 29.8 Å². The zero-order valence-electron chi connectivity index (χ0n) is 10.4. The molecule has 0 radical (unpaired) electrons. The van der Waals surface area contributed by atoms with E-state index >= 15 is 0 Å². The molecule has 18 heavy (non-hydrogen) atoms. The molecular weight excluding hydrogens is 234 g/mol. The minimum Gasteiger partial charge on any atom is -0.347 e. The van der Waals surface area contributed by atoms with E-state index in [0.717, 1.165) is 0 Å². The van der Waals surface area contributed by atoms with E-state index in [1.165, 1.54) is 31.1 Å². The molecule has 0 N–H and O–H groups in total. The Hall–Kier alpha value is -2.42. The molecule has 0 fully saturated rings. The fourth-order valence-electron chi connectivity index (χ4n) is 1.57. The SMILES string of the molecule is Cc1ccc(C(C#N)C(=O)N(C)C)c([N+](=O)[O-])c1. The van der Waals surface area contributed by atoms with Gasteiger partial charge in [-0.15, -0.1) is 0 Å². The van der Waals surface area contributed by atoms with Crippen LogP contribution in [0.4, 0.5) is 5.69 Å². The van der Waals surface area contributed by atoms with Gasteiger partial charge in [-0.2, -0.15) is 5.26 Å². The summed E-state index contributed by atoms with van der Waals surface area (Å²) in [7, 11) is 3.01. The predicted molar refractivity (Wildman–Crippen MR) is 64.9 cm³/mol. The fourth-order valence-corrected chi connectivity index (χ4v) is 1.57. The molecule has 0 aliphatic heterocycles. The molecule has 1 rings (SSSR count). The van der Waals surface area contributed by atoms with Crippen molar-refractivity contribution in [2.75, 3.05) is 14.1 Å². The number of rotatable bonds is 3. The summed E-state index contributed by atoms with van der Waals surface area (Å²) in [5.41, 5.74) is 0.642. The van der Waals surface area contributed by atoms with Crippen molar-refractivity contribution in [1.82, 2.24) is 4.90 Å². The summed E-state index contributed by atoms with van der Waals surface area (Å²) < 4.78 is 0. The van der Waals surface area contributed by atoms with Crippen LogP contribution in [-0.2, 0) is 4.79 Å². The molecule has 0 saturated heterocycles. The average Bonchev–Trinajstić information content (AvgIpc) is 2.31. The molecule has 0 spiro atoms. The molecule has 0 heterocycles. The normalized spacial score (nSPS) is 11.4. The lowest BCUT2D eigenvalue weighted by Gasteiger charge is -2.15. The molecule has 1 unspecified atom stereocenters. The lowest BCUT2D eigenvalue weighted by molar-refractivity contribution is -0.385. The van der Waals surface area contributed by atoms with Crippen molar-refractivity contribution in [2.24, 2.45) is 0 Å². The molecule has 0 aliphatic rings. The maximum Gasteiger partial charge on any atom is 0.274 e. The molecular formula is C12H13N3O3. The molecule has 1 atom stereocenters. The number of nitrogens with zero attached hydrogens (tertiary/aromatic N) is 3. The molecule has 1 aromatic carbocycles. The highest BCUT2D eigenvalue weighted by atomic mass is 16.6. The lowest BCUT2D eigenvalue weighted by Crippen LogP contribution is -2.27. The molecule has 0 aromatic heterocycles. The second kappa shape index (κ2) is 5.27. The highest BCUT2D eigenvalue weighted by Crippen LogP contribution is 2.28. The fraction of sp³-hybridized carbons (Fsp3) is 0.333. The Balaban J connectivity index is 3.35. The van der Waals surface area contributed by atoms with Gasteiger partial charge in [-0.3, -0.25) is 14.9 Å². The summed E-state index contributed by atoms with van der Waals surface area (Å²) in [5, 5.41) is 20.0. The van der Waals surface area contributed by atoms with E-state index in [1.807, 2.05) is 6.07 Å². The van der Waals surface area contributed by atoms with Crippen molar-refractivity contribution < 1.29 is 9.72 Å². The smallest absolute Gasteiger partial charge is 0.274 e. The van der Waals surface area contributed by atoms with E-state index in [2.05, 4.69) is 0 Å². The van der Waals surface area contributed by atoms with Crippen molar-refractivity contribution >= 4 is 11.6 Å². The van der Waals surface area contributed by atoms with E-state index in [9.17, 15) is 14.9 Å². The number of nitro benzene ring substituents is 1. The number of hydrogen-bond donors (Lipinski definition) is 0. The average molecular weight is 247 g/mol. The van der Waals surface area contributed by atoms with Gasteiger partial charge >= 0.3 is 0 Å². The first kappa shape index (κ1) is 13.6. The Morgan fingerprint density at radius 2 is 2.11 bits per heavy atom. The van der Waals surface area contributed by atoms with E-state index in [0.29, 0.717) is 5.56 Å². The number of benzene rings is 1. The minimum atomic E-state index is -1.15. The molecule has 6 nitrogen and oxygen atoms in total. The Morgan fingerprint density at radius 1 is 1.50 bits per heavy atom. The van der Waals surface area contributed by atoms with Gasteiger partial charge < -0.3 is 4.90 Å². The largest absolute Gasteiger partial charge is 0.347 e. The molecule has 0 bridgehead atoms. The van der Waals surface area contributed by atoms with Crippen LogP contribution >= 0.6 is 0 Å². The van der Waals surface area contributed by atoms with Crippen LogP contribution in [0.5, 0.6) is 0 Å². The van der Waals surface area contributed by atoms with Gasteiger partial charge in [0.05, 0.1) is 16.6 Å². The second-order valence-electron chi connectivity index (χ2n) is 4.11. The van der Waals surface area contributed by atoms with Gasteiger partial charge in [0.1, 0.15) is 0 Å². The van der Waals surface area contributed by atoms with E-state index in [-0.39, 0.29) is 11.3 Å². The maximum absolute atomic E-state index is 11.8. The second-order valence-corrected chi connectivity index (χ2v) is 4.11. The molecule has 0 saturated carbocycles. The summed E-state index contributed by atoms with van der Waals surface area (Å²) >= 11 is 0. The predicted octanol–water partition coefficient (Wildman–Crippen LogP) is 1.60. The van der Waals surface area contributed by atoms with Gasteiger partial charge in [0.2, 0.25) is 5.91 Å². The van der Waals surface area contributed by atoms with Crippen molar-refractivity contribution in [1.29, 1.82) is 5.26 Å². The third-order valence-corrected chi connectivity index (χ3v) is 2.51.